The number of hydrogen-bond acceptors (Lipinski definition) is 5. The molecule has 4 N–H and O–H groups in total. The van der Waals surface area contributed by atoms with Gasteiger partial charge in [0.25, 0.3) is 0 Å². The smallest absolute Gasteiger partial charge is 0.437 e. The minimum absolute atomic E-state index is 0.00444. The van der Waals surface area contributed by atoms with E-state index in [1.807, 2.05) is 5.32 Å². The molecule has 0 saturated carbocycles. The number of benzene rings is 2. The minimum Gasteiger partial charge on any atom is -0.504 e. The first-order valence-corrected chi connectivity index (χ1v) is 8.83. The Bertz CT molecular complexity index is 939. The zero-order valence-electron chi connectivity index (χ0n) is 15.0. The Labute approximate surface area is 169 Å². The monoisotopic (exact) mass is 426 g/mol. The summed E-state index contributed by atoms with van der Waals surface area (Å²) >= 11 is 4.87. The fourth-order valence-electron chi connectivity index (χ4n) is 3.29. The second-order valence-corrected chi connectivity index (χ2v) is 6.89. The number of thiocarbonyl (C=S) groups is 1. The summed E-state index contributed by atoms with van der Waals surface area (Å²) in [5.41, 5.74) is -3.45. The van der Waals surface area contributed by atoms with E-state index in [4.69, 9.17) is 17.0 Å². The van der Waals surface area contributed by atoms with Gasteiger partial charge in [0.1, 0.15) is 5.92 Å². The number of ether oxygens (including phenoxy) is 1. The molecule has 0 unspecified atom stereocenters. The highest BCUT2D eigenvalue weighted by atomic mass is 32.1. The predicted molar refractivity (Wildman–Crippen MR) is 102 cm³/mol. The van der Waals surface area contributed by atoms with Crippen molar-refractivity contribution in [2.45, 2.75) is 17.9 Å². The van der Waals surface area contributed by atoms with Gasteiger partial charge in [-0.05, 0) is 29.9 Å². The molecule has 3 atom stereocenters. The lowest BCUT2D eigenvalue weighted by molar-refractivity contribution is -0.285. The first kappa shape index (κ1) is 20.9. The minimum atomic E-state index is -5.21. The molecule has 0 amide bonds. The molecule has 10 heteroatoms. The molecule has 1 saturated heterocycles. The van der Waals surface area contributed by atoms with Gasteiger partial charge in [0, 0.05) is 5.56 Å². The molecule has 0 aromatic heterocycles. The van der Waals surface area contributed by atoms with Crippen LogP contribution in [0.1, 0.15) is 22.0 Å². The number of nitrogens with one attached hydrogen (secondary N) is 2. The van der Waals surface area contributed by atoms with E-state index in [9.17, 15) is 28.2 Å². The van der Waals surface area contributed by atoms with Gasteiger partial charge in [-0.3, -0.25) is 4.79 Å². The summed E-state index contributed by atoms with van der Waals surface area (Å²) in [6.45, 7) is 0. The number of methoxy groups -OCH3 is 1. The zero-order valence-corrected chi connectivity index (χ0v) is 15.8. The summed E-state index contributed by atoms with van der Waals surface area (Å²) in [5, 5.41) is 24.4. The largest absolute Gasteiger partial charge is 0.504 e. The normalized spacial score (nSPS) is 24.4. The molecule has 2 aromatic carbocycles. The average Bonchev–Trinajstić information content (AvgIpc) is 2.67. The quantitative estimate of drug-likeness (QED) is 0.442. The van der Waals surface area contributed by atoms with E-state index in [0.717, 1.165) is 0 Å². The number of ketones is 1. The number of aliphatic hydroxyl groups is 1. The molecule has 1 heterocycles. The molecule has 0 bridgehead atoms. The SMILES string of the molecule is COc1cc([C@@H]2NC(=S)N[C@](O)(C(F)(F)F)[C@H]2C(=O)c2ccccc2)ccc1O. The molecule has 0 radical (unpaired) electrons. The summed E-state index contributed by atoms with van der Waals surface area (Å²) in [4.78, 5) is 13.1. The van der Waals surface area contributed by atoms with Gasteiger partial charge in [0.15, 0.2) is 22.4 Å². The number of halogens is 3. The third kappa shape index (κ3) is 3.73. The van der Waals surface area contributed by atoms with Crippen LogP contribution in [-0.2, 0) is 0 Å². The maximum absolute atomic E-state index is 13.9. The maximum atomic E-state index is 13.9. The van der Waals surface area contributed by atoms with E-state index in [1.54, 1.807) is 6.07 Å². The highest BCUT2D eigenvalue weighted by molar-refractivity contribution is 7.80. The third-order valence-electron chi connectivity index (χ3n) is 4.71. The van der Waals surface area contributed by atoms with Gasteiger partial charge in [-0.2, -0.15) is 13.2 Å². The first-order chi connectivity index (χ1) is 13.6. The van der Waals surface area contributed by atoms with Crippen LogP contribution in [0.3, 0.4) is 0 Å². The molecule has 3 rings (SSSR count). The summed E-state index contributed by atoms with van der Waals surface area (Å²) in [6, 6.07) is 9.83. The van der Waals surface area contributed by atoms with E-state index in [2.05, 4.69) is 5.32 Å². The van der Waals surface area contributed by atoms with E-state index in [0.29, 0.717) is 0 Å². The zero-order chi connectivity index (χ0) is 21.4. The Hall–Kier alpha value is -2.85. The Kier molecular flexibility index (Phi) is 5.42. The number of phenolic OH excluding ortho intramolecular Hbond substituents is 1. The van der Waals surface area contributed by atoms with Crippen molar-refractivity contribution in [3.8, 4) is 11.5 Å². The van der Waals surface area contributed by atoms with E-state index < -0.39 is 34.8 Å². The van der Waals surface area contributed by atoms with E-state index in [-0.39, 0.29) is 22.6 Å². The molecule has 1 aliphatic heterocycles. The van der Waals surface area contributed by atoms with Crippen molar-refractivity contribution in [2.24, 2.45) is 5.92 Å². The third-order valence-corrected chi connectivity index (χ3v) is 4.93. The number of rotatable bonds is 4. The molecule has 0 spiro atoms. The number of aromatic hydroxyl groups is 1. The molecule has 6 nitrogen and oxygen atoms in total. The van der Waals surface area contributed by atoms with Crippen molar-refractivity contribution < 1.29 is 32.9 Å². The van der Waals surface area contributed by atoms with Crippen molar-refractivity contribution in [1.82, 2.24) is 10.6 Å². The van der Waals surface area contributed by atoms with Crippen LogP contribution in [0.2, 0.25) is 0 Å². The van der Waals surface area contributed by atoms with Crippen LogP contribution in [0, 0.1) is 5.92 Å². The van der Waals surface area contributed by atoms with Crippen molar-refractivity contribution in [3.05, 3.63) is 59.7 Å². The van der Waals surface area contributed by atoms with Gasteiger partial charge in [-0.1, -0.05) is 36.4 Å². The molecule has 1 fully saturated rings. The number of hydrogen-bond donors (Lipinski definition) is 4. The van der Waals surface area contributed by atoms with Crippen LogP contribution >= 0.6 is 12.2 Å². The van der Waals surface area contributed by atoms with Crippen molar-refractivity contribution in [1.29, 1.82) is 0 Å². The van der Waals surface area contributed by atoms with Gasteiger partial charge >= 0.3 is 6.18 Å². The number of carbonyl (C=O) groups excluding carboxylic acids is 1. The Balaban J connectivity index is 2.18. The lowest BCUT2D eigenvalue weighted by Crippen LogP contribution is -2.72. The lowest BCUT2D eigenvalue weighted by atomic mass is 9.77. The molecular weight excluding hydrogens is 409 g/mol. The van der Waals surface area contributed by atoms with Crippen LogP contribution in [0.4, 0.5) is 13.2 Å². The van der Waals surface area contributed by atoms with Crippen molar-refractivity contribution >= 4 is 23.1 Å². The number of phenols is 1. The summed E-state index contributed by atoms with van der Waals surface area (Å²) in [5.74, 6) is -3.20. The van der Waals surface area contributed by atoms with Crippen LogP contribution in [0.5, 0.6) is 11.5 Å². The fourth-order valence-corrected chi connectivity index (χ4v) is 3.57. The van der Waals surface area contributed by atoms with Gasteiger partial charge in [-0.25, -0.2) is 0 Å². The highest BCUT2D eigenvalue weighted by Gasteiger charge is 2.65. The lowest BCUT2D eigenvalue weighted by Gasteiger charge is -2.46. The molecule has 154 valence electrons. The van der Waals surface area contributed by atoms with Gasteiger partial charge in [0.05, 0.1) is 13.2 Å². The molecule has 1 aliphatic rings. The summed E-state index contributed by atoms with van der Waals surface area (Å²) < 4.78 is 46.7. The summed E-state index contributed by atoms with van der Waals surface area (Å²) in [6.07, 6.45) is -5.21. The first-order valence-electron chi connectivity index (χ1n) is 8.42. The van der Waals surface area contributed by atoms with Gasteiger partial charge in [-0.15, -0.1) is 0 Å². The average molecular weight is 426 g/mol. The standard InChI is InChI=1S/C19H17F3N2O4S/c1-28-13-9-11(7-8-12(13)25)15-14(16(26)10-5-3-2-4-6-10)18(27,19(20,21)22)24-17(29)23-15/h2-9,14-15,25,27H,1H3,(H2,23,24,29)/t14-,15+,18-/m1/s1. The second kappa shape index (κ2) is 7.53. The highest BCUT2D eigenvalue weighted by Crippen LogP contribution is 2.45. The van der Waals surface area contributed by atoms with Crippen LogP contribution < -0.4 is 15.4 Å². The molecule has 0 aliphatic carbocycles. The van der Waals surface area contributed by atoms with Crippen LogP contribution in [0.15, 0.2) is 48.5 Å². The Morgan fingerprint density at radius 3 is 2.45 bits per heavy atom. The second-order valence-electron chi connectivity index (χ2n) is 6.48. The molecule has 2 aromatic rings. The van der Waals surface area contributed by atoms with E-state index in [1.165, 1.54) is 49.6 Å². The predicted octanol–water partition coefficient (Wildman–Crippen LogP) is 2.67. The molecule has 29 heavy (non-hydrogen) atoms. The Morgan fingerprint density at radius 2 is 1.86 bits per heavy atom. The topological polar surface area (TPSA) is 90.8 Å². The van der Waals surface area contributed by atoms with Crippen molar-refractivity contribution in [2.75, 3.05) is 7.11 Å². The van der Waals surface area contributed by atoms with Crippen molar-refractivity contribution in [3.63, 3.8) is 0 Å². The fraction of sp³-hybridized carbons (Fsp3) is 0.263. The van der Waals surface area contributed by atoms with Gasteiger partial charge < -0.3 is 25.6 Å². The number of Topliss-reactive ketones (excluding diaryl/α,β-unsaturated/α-hetero) is 1. The number of alkyl halides is 3. The molecular formula is C19H17F3N2O4S. The van der Waals surface area contributed by atoms with E-state index >= 15 is 0 Å². The summed E-state index contributed by atoms with van der Waals surface area (Å²) in [7, 11) is 1.28. The Morgan fingerprint density at radius 1 is 1.21 bits per heavy atom. The maximum Gasteiger partial charge on any atom is 0.437 e. The number of carbonyl (C=O) groups is 1. The van der Waals surface area contributed by atoms with Crippen LogP contribution in [0.25, 0.3) is 0 Å². The van der Waals surface area contributed by atoms with Crippen LogP contribution in [-0.4, -0.2) is 40.1 Å². The van der Waals surface area contributed by atoms with Gasteiger partial charge in [0.2, 0.25) is 5.72 Å².